The van der Waals surface area contributed by atoms with Gasteiger partial charge in [0.1, 0.15) is 0 Å². The van der Waals surface area contributed by atoms with Crippen molar-refractivity contribution in [3.8, 4) is 0 Å². The molecule has 3 nitrogen and oxygen atoms in total. The number of hydrogen-bond donors (Lipinski definition) is 1. The van der Waals surface area contributed by atoms with Crippen LogP contribution in [0.3, 0.4) is 0 Å². The lowest BCUT2D eigenvalue weighted by Crippen LogP contribution is -2.44. The molecule has 4 atom stereocenters. The first-order chi connectivity index (χ1) is 9.60. The third-order valence-electron chi connectivity index (χ3n) is 5.31. The molecule has 126 valence electrons. The van der Waals surface area contributed by atoms with Crippen LogP contribution in [-0.2, 0) is 9.16 Å². The third-order valence-corrected chi connectivity index (χ3v) is 9.85. The van der Waals surface area contributed by atoms with Crippen molar-refractivity contribution in [2.24, 2.45) is 5.92 Å². The molecule has 1 saturated heterocycles. The van der Waals surface area contributed by atoms with E-state index in [9.17, 15) is 5.11 Å². The average Bonchev–Trinajstić information content (AvgIpc) is 2.83. The summed E-state index contributed by atoms with van der Waals surface area (Å²) in [5, 5.41) is 9.51. The summed E-state index contributed by atoms with van der Waals surface area (Å²) in [7, 11) is -1.70. The highest BCUT2D eigenvalue weighted by Crippen LogP contribution is 2.38. The molecular weight excluding hydrogens is 280 g/mol. The van der Waals surface area contributed by atoms with Crippen LogP contribution in [-0.4, -0.2) is 38.3 Å². The van der Waals surface area contributed by atoms with E-state index in [2.05, 4.69) is 47.7 Å². The molecule has 0 aromatic heterocycles. The number of hydrogen-bond acceptors (Lipinski definition) is 3. The summed E-state index contributed by atoms with van der Waals surface area (Å²) in [5.41, 5.74) is 0. The first kappa shape index (κ1) is 19.1. The van der Waals surface area contributed by atoms with Gasteiger partial charge in [-0.05, 0) is 43.8 Å². The van der Waals surface area contributed by atoms with Crippen molar-refractivity contribution in [3.63, 3.8) is 0 Å². The zero-order valence-electron chi connectivity index (χ0n) is 15.1. The molecule has 0 aliphatic carbocycles. The van der Waals surface area contributed by atoms with E-state index in [4.69, 9.17) is 9.16 Å². The van der Waals surface area contributed by atoms with Crippen molar-refractivity contribution in [2.75, 3.05) is 6.61 Å². The van der Waals surface area contributed by atoms with Gasteiger partial charge in [0.05, 0.1) is 12.2 Å². The lowest BCUT2D eigenvalue weighted by Gasteiger charge is -2.39. The SMILES string of the molecule is CC[C@H](C[C@H]1CC[C@@H]([C@H](C)CO)O1)O[Si](C)(C)C(C)(C)C. The average molecular weight is 317 g/mol. The molecule has 0 spiro atoms. The standard InChI is InChI=1S/C17H36O3Si/c1-8-14(20-21(6,7)17(3,4)5)11-15-9-10-16(19-15)13(2)12-18/h13-16,18H,8-12H2,1-7H3/t13-,14-,15-,16+/m1/s1. The second-order valence-corrected chi connectivity index (χ2v) is 12.9. The predicted molar refractivity (Wildman–Crippen MR) is 91.1 cm³/mol. The Labute approximate surface area is 132 Å². The van der Waals surface area contributed by atoms with Crippen molar-refractivity contribution < 1.29 is 14.3 Å². The normalized spacial score (nSPS) is 26.9. The van der Waals surface area contributed by atoms with E-state index in [1.807, 2.05) is 0 Å². The summed E-state index contributed by atoms with van der Waals surface area (Å²) in [5.74, 6) is 0.247. The summed E-state index contributed by atoms with van der Waals surface area (Å²) in [6.07, 6.45) is 5.06. The van der Waals surface area contributed by atoms with Gasteiger partial charge < -0.3 is 14.3 Å². The Morgan fingerprint density at radius 1 is 1.29 bits per heavy atom. The minimum atomic E-state index is -1.70. The van der Waals surface area contributed by atoms with Gasteiger partial charge in [-0.25, -0.2) is 0 Å². The molecule has 1 heterocycles. The van der Waals surface area contributed by atoms with Gasteiger partial charge >= 0.3 is 0 Å². The number of aliphatic hydroxyl groups excluding tert-OH is 1. The van der Waals surface area contributed by atoms with E-state index in [1.165, 1.54) is 0 Å². The Bertz CT molecular complexity index is 312. The van der Waals surface area contributed by atoms with Gasteiger partial charge in [0, 0.05) is 18.6 Å². The molecule has 21 heavy (non-hydrogen) atoms. The fourth-order valence-corrected chi connectivity index (χ4v) is 4.08. The lowest BCUT2D eigenvalue weighted by molar-refractivity contribution is -0.0184. The Morgan fingerprint density at radius 2 is 1.90 bits per heavy atom. The highest BCUT2D eigenvalue weighted by Gasteiger charge is 2.40. The fourth-order valence-electron chi connectivity index (χ4n) is 2.63. The largest absolute Gasteiger partial charge is 0.414 e. The van der Waals surface area contributed by atoms with Crippen molar-refractivity contribution in [1.29, 1.82) is 0 Å². The maximum absolute atomic E-state index is 9.25. The molecule has 0 saturated carbocycles. The molecular formula is C17H36O3Si. The van der Waals surface area contributed by atoms with E-state index in [0.717, 1.165) is 25.7 Å². The van der Waals surface area contributed by atoms with E-state index >= 15 is 0 Å². The molecule has 0 aromatic rings. The zero-order chi connectivity index (χ0) is 16.3. The van der Waals surface area contributed by atoms with Gasteiger partial charge in [-0.2, -0.15) is 0 Å². The van der Waals surface area contributed by atoms with Gasteiger partial charge in [-0.1, -0.05) is 34.6 Å². The maximum atomic E-state index is 9.25. The topological polar surface area (TPSA) is 38.7 Å². The fraction of sp³-hybridized carbons (Fsp3) is 1.00. The van der Waals surface area contributed by atoms with Crippen LogP contribution in [0.1, 0.15) is 60.3 Å². The molecule has 0 radical (unpaired) electrons. The van der Waals surface area contributed by atoms with Gasteiger partial charge in [-0.15, -0.1) is 0 Å². The maximum Gasteiger partial charge on any atom is 0.192 e. The Balaban J connectivity index is 2.52. The van der Waals surface area contributed by atoms with Crippen LogP contribution in [0.25, 0.3) is 0 Å². The van der Waals surface area contributed by atoms with Gasteiger partial charge in [-0.3, -0.25) is 0 Å². The van der Waals surface area contributed by atoms with Gasteiger partial charge in [0.2, 0.25) is 0 Å². The molecule has 0 amide bonds. The molecule has 1 aliphatic rings. The second kappa shape index (κ2) is 7.58. The van der Waals surface area contributed by atoms with Crippen LogP contribution in [0.2, 0.25) is 18.1 Å². The molecule has 1 aliphatic heterocycles. The summed E-state index contributed by atoms with van der Waals surface area (Å²) in [6, 6.07) is 0. The number of aliphatic hydroxyl groups is 1. The second-order valence-electron chi connectivity index (χ2n) is 8.18. The van der Waals surface area contributed by atoms with Crippen LogP contribution in [0.4, 0.5) is 0 Å². The number of ether oxygens (including phenoxy) is 1. The van der Waals surface area contributed by atoms with Crippen LogP contribution in [0.15, 0.2) is 0 Å². The smallest absolute Gasteiger partial charge is 0.192 e. The van der Waals surface area contributed by atoms with Crippen molar-refractivity contribution >= 4 is 8.32 Å². The minimum Gasteiger partial charge on any atom is -0.414 e. The molecule has 0 unspecified atom stereocenters. The highest BCUT2D eigenvalue weighted by molar-refractivity contribution is 6.74. The summed E-state index contributed by atoms with van der Waals surface area (Å²) < 4.78 is 12.7. The molecule has 1 fully saturated rings. The van der Waals surface area contributed by atoms with Crippen molar-refractivity contribution in [1.82, 2.24) is 0 Å². The molecule has 4 heteroatoms. The molecule has 0 aromatic carbocycles. The Morgan fingerprint density at radius 3 is 2.38 bits per heavy atom. The van der Waals surface area contributed by atoms with E-state index in [1.54, 1.807) is 0 Å². The zero-order valence-corrected chi connectivity index (χ0v) is 16.1. The third kappa shape index (κ3) is 5.34. The lowest BCUT2D eigenvalue weighted by atomic mass is 10.0. The molecule has 1 rings (SSSR count). The summed E-state index contributed by atoms with van der Waals surface area (Å²) in [6.45, 7) is 16.0. The van der Waals surface area contributed by atoms with Crippen molar-refractivity contribution in [3.05, 3.63) is 0 Å². The van der Waals surface area contributed by atoms with E-state index in [-0.39, 0.29) is 23.7 Å². The number of rotatable bonds is 7. The van der Waals surface area contributed by atoms with Crippen LogP contribution in [0, 0.1) is 5.92 Å². The van der Waals surface area contributed by atoms with Crippen LogP contribution < -0.4 is 0 Å². The quantitative estimate of drug-likeness (QED) is 0.710. The first-order valence-corrected chi connectivity index (χ1v) is 11.5. The van der Waals surface area contributed by atoms with Crippen LogP contribution >= 0.6 is 0 Å². The highest BCUT2D eigenvalue weighted by atomic mass is 28.4. The predicted octanol–water partition coefficient (Wildman–Crippen LogP) is 4.35. The first-order valence-electron chi connectivity index (χ1n) is 8.54. The van der Waals surface area contributed by atoms with E-state index < -0.39 is 8.32 Å². The van der Waals surface area contributed by atoms with Crippen LogP contribution in [0.5, 0.6) is 0 Å². The monoisotopic (exact) mass is 316 g/mol. The summed E-state index contributed by atoms with van der Waals surface area (Å²) in [4.78, 5) is 0. The van der Waals surface area contributed by atoms with Gasteiger partial charge in [0.25, 0.3) is 0 Å². The Kier molecular flexibility index (Phi) is 6.91. The Hall–Kier alpha value is 0.0969. The van der Waals surface area contributed by atoms with E-state index in [0.29, 0.717) is 12.2 Å². The van der Waals surface area contributed by atoms with Crippen molar-refractivity contribution in [2.45, 2.75) is 96.7 Å². The van der Waals surface area contributed by atoms with Gasteiger partial charge in [0.15, 0.2) is 8.32 Å². The minimum absolute atomic E-state index is 0.217. The summed E-state index contributed by atoms with van der Waals surface area (Å²) >= 11 is 0. The molecule has 1 N–H and O–H groups in total. The molecule has 0 bridgehead atoms.